The van der Waals surface area contributed by atoms with Gasteiger partial charge in [0.1, 0.15) is 5.82 Å². The lowest BCUT2D eigenvalue weighted by atomic mass is 10.1. The summed E-state index contributed by atoms with van der Waals surface area (Å²) in [6, 6.07) is 9.40. The van der Waals surface area contributed by atoms with E-state index in [2.05, 4.69) is 21.2 Å². The third-order valence-corrected chi connectivity index (χ3v) is 4.03. The molecule has 0 saturated heterocycles. The van der Waals surface area contributed by atoms with Gasteiger partial charge in [0.25, 0.3) is 0 Å². The molecule has 0 amide bonds. The number of nitrogens with one attached hydrogen (secondary N) is 1. The van der Waals surface area contributed by atoms with Gasteiger partial charge in [0.2, 0.25) is 0 Å². The average molecular weight is 356 g/mol. The minimum Gasteiger partial charge on any atom is -0.494 e. The van der Waals surface area contributed by atoms with Crippen LogP contribution in [0.5, 0.6) is 5.75 Å². The standard InChI is InChI=1S/C16H16BrF2NO/c1-10(11-4-6-16(21-2)15(19)7-11)20-9-12-3-5-13(18)8-14(12)17/h3-8,10,20H,9H2,1-2H3. The molecular formula is C16H16BrF2NO. The van der Waals surface area contributed by atoms with E-state index in [0.29, 0.717) is 11.0 Å². The van der Waals surface area contributed by atoms with Crippen molar-refractivity contribution in [3.8, 4) is 5.75 Å². The number of halogens is 3. The van der Waals surface area contributed by atoms with Gasteiger partial charge in [-0.25, -0.2) is 8.78 Å². The van der Waals surface area contributed by atoms with Crippen LogP contribution in [-0.4, -0.2) is 7.11 Å². The summed E-state index contributed by atoms with van der Waals surface area (Å²) in [6.07, 6.45) is 0. The first-order valence-corrected chi connectivity index (χ1v) is 7.31. The second-order valence-electron chi connectivity index (χ2n) is 4.73. The molecular weight excluding hydrogens is 340 g/mol. The minimum atomic E-state index is -0.383. The van der Waals surface area contributed by atoms with E-state index in [-0.39, 0.29) is 23.4 Å². The minimum absolute atomic E-state index is 0.0395. The van der Waals surface area contributed by atoms with Crippen LogP contribution in [0, 0.1) is 11.6 Å². The quantitative estimate of drug-likeness (QED) is 0.846. The van der Waals surface area contributed by atoms with Crippen molar-refractivity contribution in [2.75, 3.05) is 7.11 Å². The molecule has 0 heterocycles. The molecule has 1 N–H and O–H groups in total. The third kappa shape index (κ3) is 4.02. The maximum Gasteiger partial charge on any atom is 0.165 e. The van der Waals surface area contributed by atoms with Gasteiger partial charge in [0, 0.05) is 17.1 Å². The Labute approximate surface area is 131 Å². The molecule has 0 aromatic heterocycles. The summed E-state index contributed by atoms with van der Waals surface area (Å²) in [5.41, 5.74) is 1.77. The lowest BCUT2D eigenvalue weighted by Crippen LogP contribution is -2.18. The molecule has 2 aromatic rings. The molecule has 2 nitrogen and oxygen atoms in total. The van der Waals surface area contributed by atoms with Gasteiger partial charge in [-0.3, -0.25) is 0 Å². The number of hydrogen-bond donors (Lipinski definition) is 1. The average Bonchev–Trinajstić information content (AvgIpc) is 2.46. The number of hydrogen-bond acceptors (Lipinski definition) is 2. The van der Waals surface area contributed by atoms with Crippen LogP contribution in [-0.2, 0) is 6.54 Å². The monoisotopic (exact) mass is 355 g/mol. The van der Waals surface area contributed by atoms with Crippen molar-refractivity contribution < 1.29 is 13.5 Å². The molecule has 0 radical (unpaired) electrons. The molecule has 0 fully saturated rings. The molecule has 1 atom stereocenters. The summed E-state index contributed by atoms with van der Waals surface area (Å²) in [7, 11) is 1.44. The van der Waals surface area contributed by atoms with Crippen LogP contribution in [0.4, 0.5) is 8.78 Å². The summed E-state index contributed by atoms with van der Waals surface area (Å²) >= 11 is 3.33. The summed E-state index contributed by atoms with van der Waals surface area (Å²) in [5, 5.41) is 3.28. The van der Waals surface area contributed by atoms with Gasteiger partial charge in [-0.15, -0.1) is 0 Å². The Hall–Kier alpha value is -1.46. The molecule has 0 bridgehead atoms. The fraction of sp³-hybridized carbons (Fsp3) is 0.250. The van der Waals surface area contributed by atoms with Crippen LogP contribution >= 0.6 is 15.9 Å². The Kier molecular flexibility index (Phi) is 5.31. The van der Waals surface area contributed by atoms with Crippen LogP contribution in [0.25, 0.3) is 0 Å². The highest BCUT2D eigenvalue weighted by Crippen LogP contribution is 2.23. The van der Waals surface area contributed by atoms with E-state index >= 15 is 0 Å². The number of methoxy groups -OCH3 is 1. The van der Waals surface area contributed by atoms with E-state index in [4.69, 9.17) is 4.74 Å². The fourth-order valence-electron chi connectivity index (χ4n) is 2.00. The highest BCUT2D eigenvalue weighted by atomic mass is 79.9. The SMILES string of the molecule is COc1ccc(C(C)NCc2ccc(F)cc2Br)cc1F. The predicted molar refractivity (Wildman–Crippen MR) is 82.3 cm³/mol. The highest BCUT2D eigenvalue weighted by molar-refractivity contribution is 9.10. The zero-order valence-corrected chi connectivity index (χ0v) is 13.4. The van der Waals surface area contributed by atoms with Crippen LogP contribution in [0.3, 0.4) is 0 Å². The Morgan fingerprint density at radius 3 is 2.57 bits per heavy atom. The number of rotatable bonds is 5. The lowest BCUT2D eigenvalue weighted by Gasteiger charge is -2.16. The second-order valence-corrected chi connectivity index (χ2v) is 5.59. The van der Waals surface area contributed by atoms with Gasteiger partial charge in [0.15, 0.2) is 11.6 Å². The smallest absolute Gasteiger partial charge is 0.165 e. The first-order chi connectivity index (χ1) is 10.0. The predicted octanol–water partition coefficient (Wildman–Crippen LogP) is 4.59. The molecule has 2 rings (SSSR count). The summed E-state index contributed by atoms with van der Waals surface area (Å²) in [6.45, 7) is 2.49. The van der Waals surface area contributed by atoms with Crippen molar-refractivity contribution in [3.05, 3.63) is 63.6 Å². The Balaban J connectivity index is 2.04. The van der Waals surface area contributed by atoms with Crippen molar-refractivity contribution in [2.24, 2.45) is 0 Å². The summed E-state index contributed by atoms with van der Waals surface area (Å²) in [5.74, 6) is -0.435. The number of benzene rings is 2. The fourth-order valence-corrected chi connectivity index (χ4v) is 2.49. The van der Waals surface area contributed by atoms with Crippen molar-refractivity contribution in [3.63, 3.8) is 0 Å². The normalized spacial score (nSPS) is 12.2. The molecule has 0 saturated carbocycles. The van der Waals surface area contributed by atoms with Gasteiger partial charge in [-0.2, -0.15) is 0 Å². The first kappa shape index (κ1) is 15.9. The summed E-state index contributed by atoms with van der Waals surface area (Å²) in [4.78, 5) is 0. The van der Waals surface area contributed by atoms with E-state index < -0.39 is 0 Å². The Bertz CT molecular complexity index is 634. The van der Waals surface area contributed by atoms with E-state index in [1.807, 2.05) is 13.0 Å². The van der Waals surface area contributed by atoms with Gasteiger partial charge < -0.3 is 10.1 Å². The largest absolute Gasteiger partial charge is 0.494 e. The van der Waals surface area contributed by atoms with Crippen molar-refractivity contribution in [1.82, 2.24) is 5.32 Å². The second kappa shape index (κ2) is 7.00. The van der Waals surface area contributed by atoms with Crippen LogP contribution < -0.4 is 10.1 Å². The molecule has 5 heteroatoms. The molecule has 0 aliphatic heterocycles. The topological polar surface area (TPSA) is 21.3 Å². The molecule has 0 aliphatic carbocycles. The van der Waals surface area contributed by atoms with Gasteiger partial charge >= 0.3 is 0 Å². The highest BCUT2D eigenvalue weighted by Gasteiger charge is 2.10. The maximum atomic E-state index is 13.7. The maximum absolute atomic E-state index is 13.7. The van der Waals surface area contributed by atoms with E-state index in [1.54, 1.807) is 12.1 Å². The zero-order valence-electron chi connectivity index (χ0n) is 11.8. The van der Waals surface area contributed by atoms with Gasteiger partial charge in [0.05, 0.1) is 7.11 Å². The lowest BCUT2D eigenvalue weighted by molar-refractivity contribution is 0.385. The van der Waals surface area contributed by atoms with Crippen molar-refractivity contribution >= 4 is 15.9 Å². The van der Waals surface area contributed by atoms with E-state index in [0.717, 1.165) is 11.1 Å². The van der Waals surface area contributed by atoms with Crippen LogP contribution in [0.2, 0.25) is 0 Å². The Morgan fingerprint density at radius 2 is 1.95 bits per heavy atom. The van der Waals surface area contributed by atoms with Crippen molar-refractivity contribution in [1.29, 1.82) is 0 Å². The van der Waals surface area contributed by atoms with Gasteiger partial charge in [-0.1, -0.05) is 28.1 Å². The molecule has 112 valence electrons. The van der Waals surface area contributed by atoms with E-state index in [9.17, 15) is 8.78 Å². The molecule has 0 spiro atoms. The van der Waals surface area contributed by atoms with Gasteiger partial charge in [-0.05, 0) is 42.3 Å². The Morgan fingerprint density at radius 1 is 1.19 bits per heavy atom. The molecule has 1 unspecified atom stereocenters. The first-order valence-electron chi connectivity index (χ1n) is 6.52. The molecule has 0 aliphatic rings. The zero-order chi connectivity index (χ0) is 15.4. The van der Waals surface area contributed by atoms with Crippen LogP contribution in [0.1, 0.15) is 24.1 Å². The number of ether oxygens (including phenoxy) is 1. The summed E-state index contributed by atoms with van der Waals surface area (Å²) < 4.78 is 32.3. The van der Waals surface area contributed by atoms with E-state index in [1.165, 1.54) is 25.3 Å². The third-order valence-electron chi connectivity index (χ3n) is 3.29. The van der Waals surface area contributed by atoms with Crippen LogP contribution in [0.15, 0.2) is 40.9 Å². The molecule has 2 aromatic carbocycles. The van der Waals surface area contributed by atoms with Crippen molar-refractivity contribution in [2.45, 2.75) is 19.5 Å². The molecule has 21 heavy (non-hydrogen) atoms.